The van der Waals surface area contributed by atoms with Gasteiger partial charge in [-0.15, -0.1) is 0 Å². The molecule has 0 spiro atoms. The van der Waals surface area contributed by atoms with Crippen molar-refractivity contribution in [3.63, 3.8) is 0 Å². The van der Waals surface area contributed by atoms with E-state index in [1.165, 1.54) is 6.07 Å². The zero-order valence-electron chi connectivity index (χ0n) is 8.00. The molecule has 0 aliphatic heterocycles. The lowest BCUT2D eigenvalue weighted by Gasteiger charge is -2.08. The Hall–Kier alpha value is -1.52. The van der Waals surface area contributed by atoms with E-state index in [1.807, 2.05) is 0 Å². The second kappa shape index (κ2) is 4.82. The van der Waals surface area contributed by atoms with Gasteiger partial charge in [-0.1, -0.05) is 18.2 Å². The van der Waals surface area contributed by atoms with Gasteiger partial charge in [-0.25, -0.2) is 4.79 Å². The normalized spacial score (nSPS) is 9.73. The van der Waals surface area contributed by atoms with Gasteiger partial charge >= 0.3 is 5.97 Å². The molecule has 4 N–H and O–H groups in total. The Labute approximate surface area is 92.5 Å². The lowest BCUT2D eigenvalue weighted by molar-refractivity contribution is -0.128. The maximum absolute atomic E-state index is 11.0. The Morgan fingerprint density at radius 2 is 2.27 bits per heavy atom. The summed E-state index contributed by atoms with van der Waals surface area (Å²) in [6, 6.07) is 3.04. The summed E-state index contributed by atoms with van der Waals surface area (Å²) in [5.41, 5.74) is 12.0. The first-order valence-electron chi connectivity index (χ1n) is 4.20. The highest BCUT2D eigenvalue weighted by Crippen LogP contribution is 2.29. The molecule has 0 saturated carbocycles. The molecule has 1 rings (SSSR count). The molecule has 4 nitrogen and oxygen atoms in total. The Morgan fingerprint density at radius 1 is 1.60 bits per heavy atom. The summed E-state index contributed by atoms with van der Waals surface area (Å²) in [7, 11) is 0. The number of halogens is 1. The topological polar surface area (TPSA) is 78.3 Å². The number of anilines is 1. The molecule has 0 heterocycles. The number of hydrogen-bond acceptors (Lipinski definition) is 4. The molecule has 0 fully saturated rings. The van der Waals surface area contributed by atoms with Gasteiger partial charge in [0.15, 0.2) is 5.75 Å². The lowest BCUT2D eigenvalue weighted by atomic mass is 10.2. The summed E-state index contributed by atoms with van der Waals surface area (Å²) < 4.78 is 4.90. The van der Waals surface area contributed by atoms with Crippen molar-refractivity contribution in [2.75, 3.05) is 5.73 Å². The molecule has 15 heavy (non-hydrogen) atoms. The second-order valence-electron chi connectivity index (χ2n) is 2.81. The van der Waals surface area contributed by atoms with Crippen molar-refractivity contribution >= 4 is 23.3 Å². The Balaban J connectivity index is 3.07. The standard InChI is InChI=1S/C10H11ClN2O2/c1-2-10(14)15-9-3-6(5-12)7(11)4-8(9)13/h2-4H,1,5,12-13H2. The van der Waals surface area contributed by atoms with Crippen molar-refractivity contribution in [3.8, 4) is 5.75 Å². The van der Waals surface area contributed by atoms with Crippen LogP contribution in [0.3, 0.4) is 0 Å². The minimum Gasteiger partial charge on any atom is -0.421 e. The van der Waals surface area contributed by atoms with Gasteiger partial charge in [0.2, 0.25) is 0 Å². The summed E-state index contributed by atoms with van der Waals surface area (Å²) in [5.74, 6) is -0.336. The Morgan fingerprint density at radius 3 is 2.80 bits per heavy atom. The van der Waals surface area contributed by atoms with E-state index in [2.05, 4.69) is 6.58 Å². The van der Waals surface area contributed by atoms with Crippen LogP contribution in [-0.4, -0.2) is 5.97 Å². The monoisotopic (exact) mass is 226 g/mol. The van der Waals surface area contributed by atoms with Gasteiger partial charge in [-0.2, -0.15) is 0 Å². The predicted octanol–water partition coefficient (Wildman–Crippen LogP) is 1.47. The van der Waals surface area contributed by atoms with Gasteiger partial charge in [0.05, 0.1) is 5.69 Å². The summed E-state index contributed by atoms with van der Waals surface area (Å²) in [4.78, 5) is 11.0. The van der Waals surface area contributed by atoms with Crippen molar-refractivity contribution in [2.45, 2.75) is 6.54 Å². The van der Waals surface area contributed by atoms with Crippen LogP contribution in [0, 0.1) is 0 Å². The highest BCUT2D eigenvalue weighted by Gasteiger charge is 2.08. The van der Waals surface area contributed by atoms with Gasteiger partial charge in [-0.05, 0) is 17.7 Å². The number of hydrogen-bond donors (Lipinski definition) is 2. The Bertz CT molecular complexity index is 405. The number of ether oxygens (including phenoxy) is 1. The predicted molar refractivity (Wildman–Crippen MR) is 59.6 cm³/mol. The van der Waals surface area contributed by atoms with E-state index in [4.69, 9.17) is 27.8 Å². The summed E-state index contributed by atoms with van der Waals surface area (Å²) in [6.07, 6.45) is 1.05. The van der Waals surface area contributed by atoms with Crippen molar-refractivity contribution in [1.82, 2.24) is 0 Å². The molecular weight excluding hydrogens is 216 g/mol. The van der Waals surface area contributed by atoms with Crippen LogP contribution in [0.25, 0.3) is 0 Å². The number of rotatable bonds is 3. The lowest BCUT2D eigenvalue weighted by Crippen LogP contribution is -2.07. The van der Waals surface area contributed by atoms with E-state index in [-0.39, 0.29) is 18.0 Å². The van der Waals surface area contributed by atoms with E-state index in [9.17, 15) is 4.79 Å². The average Bonchev–Trinajstić information content (AvgIpc) is 2.21. The number of nitrogen functional groups attached to an aromatic ring is 1. The zero-order valence-corrected chi connectivity index (χ0v) is 8.75. The molecule has 1 aromatic rings. The molecule has 0 radical (unpaired) electrons. The summed E-state index contributed by atoms with van der Waals surface area (Å²) in [6.45, 7) is 3.53. The van der Waals surface area contributed by atoms with E-state index >= 15 is 0 Å². The van der Waals surface area contributed by atoms with Crippen LogP contribution >= 0.6 is 11.6 Å². The molecular formula is C10H11ClN2O2. The number of benzene rings is 1. The second-order valence-corrected chi connectivity index (χ2v) is 3.22. The zero-order chi connectivity index (χ0) is 11.4. The molecule has 0 unspecified atom stereocenters. The van der Waals surface area contributed by atoms with Gasteiger partial charge in [0.1, 0.15) is 0 Å². The minimum absolute atomic E-state index is 0.241. The van der Waals surface area contributed by atoms with Crippen LogP contribution in [0.2, 0.25) is 5.02 Å². The third-order valence-electron chi connectivity index (χ3n) is 1.78. The quantitative estimate of drug-likeness (QED) is 0.354. The molecule has 0 aliphatic rings. The van der Waals surface area contributed by atoms with Crippen LogP contribution in [0.15, 0.2) is 24.8 Å². The first-order chi connectivity index (χ1) is 7.08. The van der Waals surface area contributed by atoms with Gasteiger partial charge in [-0.3, -0.25) is 0 Å². The molecule has 0 bridgehead atoms. The summed E-state index contributed by atoms with van der Waals surface area (Å²) in [5, 5.41) is 0.452. The highest BCUT2D eigenvalue weighted by atomic mass is 35.5. The van der Waals surface area contributed by atoms with Crippen molar-refractivity contribution in [2.24, 2.45) is 5.73 Å². The van der Waals surface area contributed by atoms with Crippen LogP contribution in [0.4, 0.5) is 5.69 Å². The number of nitrogens with two attached hydrogens (primary N) is 2. The third-order valence-corrected chi connectivity index (χ3v) is 2.13. The fourth-order valence-electron chi connectivity index (χ4n) is 1.01. The summed E-state index contributed by atoms with van der Waals surface area (Å²) >= 11 is 5.85. The van der Waals surface area contributed by atoms with Crippen LogP contribution in [-0.2, 0) is 11.3 Å². The van der Waals surface area contributed by atoms with Gasteiger partial charge in [0.25, 0.3) is 0 Å². The fourth-order valence-corrected chi connectivity index (χ4v) is 1.25. The number of carbonyl (C=O) groups excluding carboxylic acids is 1. The molecule has 80 valence electrons. The highest BCUT2D eigenvalue weighted by molar-refractivity contribution is 6.31. The SMILES string of the molecule is C=CC(=O)Oc1cc(CN)c(Cl)cc1N. The maximum atomic E-state index is 11.0. The van der Waals surface area contributed by atoms with Crippen LogP contribution in [0.1, 0.15) is 5.56 Å². The minimum atomic E-state index is -0.577. The first-order valence-corrected chi connectivity index (χ1v) is 4.58. The van der Waals surface area contributed by atoms with Crippen LogP contribution < -0.4 is 16.2 Å². The fraction of sp³-hybridized carbons (Fsp3) is 0.100. The largest absolute Gasteiger partial charge is 0.421 e. The van der Waals surface area contributed by atoms with Crippen molar-refractivity contribution in [3.05, 3.63) is 35.4 Å². The molecule has 0 amide bonds. The van der Waals surface area contributed by atoms with E-state index in [0.29, 0.717) is 10.6 Å². The molecule has 1 aromatic carbocycles. The average molecular weight is 227 g/mol. The molecule has 0 aromatic heterocycles. The van der Waals surface area contributed by atoms with E-state index in [0.717, 1.165) is 6.08 Å². The van der Waals surface area contributed by atoms with Crippen LogP contribution in [0.5, 0.6) is 5.75 Å². The molecule has 0 saturated heterocycles. The molecule has 0 aliphatic carbocycles. The van der Waals surface area contributed by atoms with Gasteiger partial charge < -0.3 is 16.2 Å². The number of esters is 1. The van der Waals surface area contributed by atoms with E-state index < -0.39 is 5.97 Å². The Kier molecular flexibility index (Phi) is 3.71. The smallest absolute Gasteiger partial charge is 0.335 e. The van der Waals surface area contributed by atoms with Crippen molar-refractivity contribution < 1.29 is 9.53 Å². The van der Waals surface area contributed by atoms with E-state index in [1.54, 1.807) is 6.07 Å². The molecule has 5 heteroatoms. The maximum Gasteiger partial charge on any atom is 0.335 e. The molecule has 0 atom stereocenters. The van der Waals surface area contributed by atoms with Crippen molar-refractivity contribution in [1.29, 1.82) is 0 Å². The van der Waals surface area contributed by atoms with Gasteiger partial charge in [0, 0.05) is 17.6 Å². The number of carbonyl (C=O) groups is 1. The third kappa shape index (κ3) is 2.71. The first kappa shape index (κ1) is 11.6.